The van der Waals surface area contributed by atoms with Crippen LogP contribution in [0.15, 0.2) is 64.4 Å². The van der Waals surface area contributed by atoms with Gasteiger partial charge in [-0.3, -0.25) is 14.2 Å². The van der Waals surface area contributed by atoms with Crippen molar-refractivity contribution in [1.29, 1.82) is 0 Å². The van der Waals surface area contributed by atoms with E-state index in [1.54, 1.807) is 11.5 Å². The van der Waals surface area contributed by atoms with Crippen molar-refractivity contribution in [3.05, 3.63) is 96.8 Å². The zero-order valence-corrected chi connectivity index (χ0v) is 21.1. The maximum absolute atomic E-state index is 13.9. The van der Waals surface area contributed by atoms with Crippen LogP contribution in [0.3, 0.4) is 0 Å². The minimum absolute atomic E-state index is 0.206. The normalized spacial score (nSPS) is 22.3. The van der Waals surface area contributed by atoms with Crippen LogP contribution >= 0.6 is 11.3 Å². The first-order chi connectivity index (χ1) is 17.3. The van der Waals surface area contributed by atoms with E-state index < -0.39 is 23.7 Å². The lowest BCUT2D eigenvalue weighted by molar-refractivity contribution is -0.158. The van der Waals surface area contributed by atoms with Crippen LogP contribution in [0.25, 0.3) is 11.8 Å². The van der Waals surface area contributed by atoms with Gasteiger partial charge in [0.2, 0.25) is 5.72 Å². The highest BCUT2D eigenvalue weighted by molar-refractivity contribution is 7.07. The van der Waals surface area contributed by atoms with Crippen molar-refractivity contribution in [3.63, 3.8) is 0 Å². The van der Waals surface area contributed by atoms with Gasteiger partial charge in [-0.25, -0.2) is 9.67 Å². The van der Waals surface area contributed by atoms with E-state index in [1.165, 1.54) is 18.4 Å². The van der Waals surface area contributed by atoms with E-state index in [2.05, 4.69) is 0 Å². The Labute approximate surface area is 210 Å². The molecule has 6 rings (SSSR count). The highest BCUT2D eigenvalue weighted by Crippen LogP contribution is 2.47. The first-order valence-corrected chi connectivity index (χ1v) is 12.4. The van der Waals surface area contributed by atoms with Crippen LogP contribution in [0.4, 0.5) is 0 Å². The van der Waals surface area contributed by atoms with Crippen LogP contribution in [-0.4, -0.2) is 33.2 Å². The second-order valence-corrected chi connectivity index (χ2v) is 10.2. The molecule has 3 atom stereocenters. The molecule has 36 heavy (non-hydrogen) atoms. The number of methoxy groups -OCH3 is 1. The number of hydrogen-bond donors (Lipinski definition) is 0. The number of hydrogen-bond acceptors (Lipinski definition) is 7. The largest absolute Gasteiger partial charge is 0.469 e. The standard InChI is InChI=1S/C27H24N4O4S/c1-15-19(16(2)31(29-15)17-10-6-5-7-11-17)14-21-24(32)30-23-18-12-8-9-13-20(18)35-27(3,28-26(30)36-21)22(23)25(33)34-4/h5-14,22-23H,1-4H3/b21-14+. The zero-order chi connectivity index (χ0) is 25.2. The molecular formula is C27H24N4O4S. The van der Waals surface area contributed by atoms with Gasteiger partial charge in [0.25, 0.3) is 5.56 Å². The summed E-state index contributed by atoms with van der Waals surface area (Å²) in [5, 5.41) is 4.71. The third-order valence-corrected chi connectivity index (χ3v) is 7.94. The highest BCUT2D eigenvalue weighted by atomic mass is 32.1. The molecule has 8 nitrogen and oxygen atoms in total. The first-order valence-electron chi connectivity index (χ1n) is 11.6. The molecule has 182 valence electrons. The Hall–Kier alpha value is -3.98. The smallest absolute Gasteiger partial charge is 0.317 e. The summed E-state index contributed by atoms with van der Waals surface area (Å²) >= 11 is 1.29. The van der Waals surface area contributed by atoms with E-state index in [4.69, 9.17) is 19.6 Å². The fourth-order valence-electron chi connectivity index (χ4n) is 5.25. The number of benzene rings is 2. The maximum Gasteiger partial charge on any atom is 0.317 e. The number of para-hydroxylation sites is 2. The molecule has 0 saturated heterocycles. The molecule has 0 radical (unpaired) electrons. The van der Waals surface area contributed by atoms with Gasteiger partial charge < -0.3 is 9.47 Å². The van der Waals surface area contributed by atoms with Crippen molar-refractivity contribution < 1.29 is 14.3 Å². The molecule has 9 heteroatoms. The quantitative estimate of drug-likeness (QED) is 0.404. The average Bonchev–Trinajstić information content (AvgIpc) is 3.33. The molecule has 2 aromatic heterocycles. The summed E-state index contributed by atoms with van der Waals surface area (Å²) < 4.78 is 15.4. The van der Waals surface area contributed by atoms with Crippen LogP contribution in [0, 0.1) is 19.8 Å². The van der Waals surface area contributed by atoms with Crippen molar-refractivity contribution in [2.75, 3.05) is 7.11 Å². The molecule has 4 heterocycles. The number of carbonyl (C=O) groups is 1. The topological polar surface area (TPSA) is 87.7 Å². The summed E-state index contributed by atoms with van der Waals surface area (Å²) in [5.41, 5.74) is 2.94. The molecular weight excluding hydrogens is 476 g/mol. The van der Waals surface area contributed by atoms with Crippen LogP contribution in [0.1, 0.15) is 35.5 Å². The number of nitrogens with zero attached hydrogens (tertiary/aromatic N) is 4. The van der Waals surface area contributed by atoms with Crippen LogP contribution < -0.4 is 19.6 Å². The number of carbonyl (C=O) groups excluding carboxylic acids is 1. The molecule has 3 unspecified atom stereocenters. The Kier molecular flexibility index (Phi) is 5.01. The molecule has 0 spiro atoms. The van der Waals surface area contributed by atoms with Gasteiger partial charge in [-0.1, -0.05) is 47.7 Å². The molecule has 0 N–H and O–H groups in total. The third kappa shape index (κ3) is 3.19. The number of aromatic nitrogens is 3. The van der Waals surface area contributed by atoms with Gasteiger partial charge in [-0.05, 0) is 45.0 Å². The summed E-state index contributed by atoms with van der Waals surface area (Å²) in [6.07, 6.45) is 1.87. The van der Waals surface area contributed by atoms with Crippen molar-refractivity contribution in [1.82, 2.24) is 14.3 Å². The van der Waals surface area contributed by atoms with Crippen molar-refractivity contribution in [2.45, 2.75) is 32.5 Å². The Bertz CT molecular complexity index is 1700. The van der Waals surface area contributed by atoms with Gasteiger partial charge in [0.1, 0.15) is 11.7 Å². The van der Waals surface area contributed by atoms with Gasteiger partial charge in [0, 0.05) is 16.8 Å². The Morgan fingerprint density at radius 3 is 2.61 bits per heavy atom. The van der Waals surface area contributed by atoms with E-state index in [1.807, 2.05) is 79.2 Å². The minimum atomic E-state index is -1.19. The molecule has 2 bridgehead atoms. The number of esters is 1. The molecule has 2 aliphatic heterocycles. The zero-order valence-electron chi connectivity index (χ0n) is 20.3. The van der Waals surface area contributed by atoms with E-state index >= 15 is 0 Å². The van der Waals surface area contributed by atoms with Gasteiger partial charge in [-0.15, -0.1) is 0 Å². The van der Waals surface area contributed by atoms with Crippen LogP contribution in [0.2, 0.25) is 0 Å². The van der Waals surface area contributed by atoms with Crippen molar-refractivity contribution >= 4 is 23.4 Å². The van der Waals surface area contributed by atoms with Gasteiger partial charge in [0.05, 0.1) is 29.1 Å². The van der Waals surface area contributed by atoms with Crippen LogP contribution in [0.5, 0.6) is 5.75 Å². The molecule has 0 aliphatic carbocycles. The average molecular weight is 501 g/mol. The predicted octanol–water partition coefficient (Wildman–Crippen LogP) is 2.66. The van der Waals surface area contributed by atoms with E-state index in [-0.39, 0.29) is 5.56 Å². The molecule has 0 fully saturated rings. The fraction of sp³-hybridized carbons (Fsp3) is 0.259. The predicted molar refractivity (Wildman–Crippen MR) is 135 cm³/mol. The summed E-state index contributed by atoms with van der Waals surface area (Å²) in [5.74, 6) is -0.653. The lowest BCUT2D eigenvalue weighted by Gasteiger charge is -2.44. The second-order valence-electron chi connectivity index (χ2n) is 9.15. The summed E-state index contributed by atoms with van der Waals surface area (Å²) in [6.45, 7) is 5.69. The molecule has 4 aromatic rings. The van der Waals surface area contributed by atoms with Gasteiger partial charge in [-0.2, -0.15) is 5.10 Å². The van der Waals surface area contributed by atoms with Crippen LogP contribution in [-0.2, 0) is 9.53 Å². The van der Waals surface area contributed by atoms with E-state index in [0.29, 0.717) is 15.1 Å². The third-order valence-electron chi connectivity index (χ3n) is 6.96. The SMILES string of the molecule is COC(=O)C1C2c3ccccc3OC1(C)N=c1s/c(=C/c3c(C)nn(-c4ccccc4)c3C)c(=O)n12. The first kappa shape index (κ1) is 22.5. The van der Waals surface area contributed by atoms with Crippen molar-refractivity contribution in [3.8, 4) is 11.4 Å². The summed E-state index contributed by atoms with van der Waals surface area (Å²) in [4.78, 5) is 32.1. The van der Waals surface area contributed by atoms with Gasteiger partial charge >= 0.3 is 5.97 Å². The number of aryl methyl sites for hydroxylation is 1. The summed E-state index contributed by atoms with van der Waals surface area (Å²) in [6, 6.07) is 16.8. The lowest BCUT2D eigenvalue weighted by Crippen LogP contribution is -2.58. The molecule has 2 aromatic carbocycles. The molecule has 0 amide bonds. The van der Waals surface area contributed by atoms with E-state index in [0.717, 1.165) is 28.2 Å². The highest BCUT2D eigenvalue weighted by Gasteiger charge is 2.55. The molecule has 2 aliphatic rings. The fourth-order valence-corrected chi connectivity index (χ4v) is 6.33. The minimum Gasteiger partial charge on any atom is -0.469 e. The van der Waals surface area contributed by atoms with Crippen molar-refractivity contribution in [2.24, 2.45) is 10.9 Å². The van der Waals surface area contributed by atoms with Gasteiger partial charge in [0.15, 0.2) is 4.80 Å². The lowest BCUT2D eigenvalue weighted by atomic mass is 9.81. The number of fused-ring (bicyclic) bond motifs is 6. The monoisotopic (exact) mass is 500 g/mol. The Morgan fingerprint density at radius 2 is 1.86 bits per heavy atom. The number of thiazole rings is 1. The number of rotatable bonds is 3. The Morgan fingerprint density at radius 1 is 1.14 bits per heavy atom. The summed E-state index contributed by atoms with van der Waals surface area (Å²) in [7, 11) is 1.34. The second kappa shape index (κ2) is 8.03. The molecule has 0 saturated carbocycles. The number of ether oxygens (including phenoxy) is 2. The Balaban J connectivity index is 1.58. The maximum atomic E-state index is 13.9. The van der Waals surface area contributed by atoms with E-state index in [9.17, 15) is 9.59 Å².